The molecule has 3 nitrogen and oxygen atoms in total. The summed E-state index contributed by atoms with van der Waals surface area (Å²) in [5, 5.41) is 13.7. The van der Waals surface area contributed by atoms with Gasteiger partial charge >= 0.3 is 0 Å². The maximum atomic E-state index is 9.21. The van der Waals surface area contributed by atoms with E-state index in [9.17, 15) is 5.26 Å². The van der Waals surface area contributed by atoms with E-state index in [1.807, 2.05) is 43.7 Å². The standard InChI is InChI=1S/C13H12BrN3/c1-8-9(2)16-17(10(8)3)13-6-4-5-12(14)11(13)7-15/h4-6H,1-3H3. The highest BCUT2D eigenvalue weighted by molar-refractivity contribution is 9.10. The summed E-state index contributed by atoms with van der Waals surface area (Å²) >= 11 is 3.39. The van der Waals surface area contributed by atoms with Crippen LogP contribution < -0.4 is 0 Å². The predicted molar refractivity (Wildman–Crippen MR) is 70.2 cm³/mol. The Balaban J connectivity index is 2.74. The Morgan fingerprint density at radius 1 is 1.29 bits per heavy atom. The molecule has 1 aromatic heterocycles. The van der Waals surface area contributed by atoms with Gasteiger partial charge in [-0.3, -0.25) is 0 Å². The summed E-state index contributed by atoms with van der Waals surface area (Å²) < 4.78 is 2.62. The molecule has 1 heterocycles. The molecule has 0 aliphatic carbocycles. The Morgan fingerprint density at radius 2 is 2.00 bits per heavy atom. The van der Waals surface area contributed by atoms with Crippen LogP contribution in [0.5, 0.6) is 0 Å². The summed E-state index contributed by atoms with van der Waals surface area (Å²) in [5.74, 6) is 0. The third-order valence-electron chi connectivity index (χ3n) is 2.98. The van der Waals surface area contributed by atoms with E-state index in [1.165, 1.54) is 0 Å². The van der Waals surface area contributed by atoms with Gasteiger partial charge in [0.15, 0.2) is 0 Å². The van der Waals surface area contributed by atoms with Crippen molar-refractivity contribution < 1.29 is 0 Å². The van der Waals surface area contributed by atoms with Crippen LogP contribution in [-0.4, -0.2) is 9.78 Å². The van der Waals surface area contributed by atoms with Crippen molar-refractivity contribution in [3.05, 3.63) is 45.2 Å². The van der Waals surface area contributed by atoms with Crippen molar-refractivity contribution in [2.75, 3.05) is 0 Å². The number of rotatable bonds is 1. The number of hydrogen-bond donors (Lipinski definition) is 0. The van der Waals surface area contributed by atoms with Crippen LogP contribution in [0.4, 0.5) is 0 Å². The highest BCUT2D eigenvalue weighted by atomic mass is 79.9. The van der Waals surface area contributed by atoms with E-state index < -0.39 is 0 Å². The topological polar surface area (TPSA) is 41.6 Å². The first-order valence-electron chi connectivity index (χ1n) is 5.28. The van der Waals surface area contributed by atoms with Gasteiger partial charge in [0, 0.05) is 10.2 Å². The number of benzene rings is 1. The summed E-state index contributed by atoms with van der Waals surface area (Å²) in [6.45, 7) is 6.03. The molecule has 0 fully saturated rings. The van der Waals surface area contributed by atoms with Gasteiger partial charge in [-0.2, -0.15) is 10.4 Å². The van der Waals surface area contributed by atoms with Gasteiger partial charge in [-0.25, -0.2) is 4.68 Å². The Morgan fingerprint density at radius 3 is 2.53 bits per heavy atom. The number of hydrogen-bond acceptors (Lipinski definition) is 2. The lowest BCUT2D eigenvalue weighted by Crippen LogP contribution is -2.02. The van der Waals surface area contributed by atoms with E-state index in [-0.39, 0.29) is 0 Å². The Hall–Kier alpha value is -1.60. The van der Waals surface area contributed by atoms with E-state index in [0.29, 0.717) is 5.56 Å². The van der Waals surface area contributed by atoms with Crippen molar-refractivity contribution in [3.63, 3.8) is 0 Å². The second kappa shape index (κ2) is 4.34. The average molecular weight is 290 g/mol. The fourth-order valence-corrected chi connectivity index (χ4v) is 2.20. The third kappa shape index (κ3) is 1.87. The van der Waals surface area contributed by atoms with Crippen LogP contribution in [0.25, 0.3) is 5.69 Å². The Labute approximate surface area is 109 Å². The highest BCUT2D eigenvalue weighted by Crippen LogP contribution is 2.25. The highest BCUT2D eigenvalue weighted by Gasteiger charge is 2.13. The number of nitrogens with zero attached hydrogens (tertiary/aromatic N) is 3. The molecule has 17 heavy (non-hydrogen) atoms. The quantitative estimate of drug-likeness (QED) is 0.807. The van der Waals surface area contributed by atoms with Crippen LogP contribution in [0.2, 0.25) is 0 Å². The fraction of sp³-hybridized carbons (Fsp3) is 0.231. The van der Waals surface area contributed by atoms with E-state index >= 15 is 0 Å². The van der Waals surface area contributed by atoms with Crippen molar-refractivity contribution in [1.29, 1.82) is 5.26 Å². The smallest absolute Gasteiger partial charge is 0.103 e. The van der Waals surface area contributed by atoms with Crippen molar-refractivity contribution in [2.45, 2.75) is 20.8 Å². The molecule has 0 aliphatic heterocycles. The molecular weight excluding hydrogens is 278 g/mol. The second-order valence-corrected chi connectivity index (χ2v) is 4.81. The molecule has 0 aliphatic rings. The first-order chi connectivity index (χ1) is 8.06. The van der Waals surface area contributed by atoms with Gasteiger partial charge < -0.3 is 0 Å². The van der Waals surface area contributed by atoms with Gasteiger partial charge in [-0.1, -0.05) is 6.07 Å². The Kier molecular flexibility index (Phi) is 3.03. The maximum absolute atomic E-state index is 9.21. The van der Waals surface area contributed by atoms with Crippen LogP contribution in [0.3, 0.4) is 0 Å². The average Bonchev–Trinajstić information content (AvgIpc) is 2.56. The van der Waals surface area contributed by atoms with Crippen LogP contribution in [0.1, 0.15) is 22.5 Å². The van der Waals surface area contributed by atoms with Gasteiger partial charge in [0.05, 0.1) is 16.9 Å². The summed E-state index contributed by atoms with van der Waals surface area (Å²) in [6, 6.07) is 7.89. The summed E-state index contributed by atoms with van der Waals surface area (Å²) in [4.78, 5) is 0. The lowest BCUT2D eigenvalue weighted by Gasteiger charge is -2.07. The van der Waals surface area contributed by atoms with Crippen LogP contribution in [-0.2, 0) is 0 Å². The van der Waals surface area contributed by atoms with Gasteiger partial charge in [0.2, 0.25) is 0 Å². The normalized spacial score (nSPS) is 10.3. The number of aryl methyl sites for hydroxylation is 1. The molecule has 2 rings (SSSR count). The molecule has 0 amide bonds. The lowest BCUT2D eigenvalue weighted by molar-refractivity contribution is 0.830. The predicted octanol–water partition coefficient (Wildman–Crippen LogP) is 3.43. The molecule has 0 saturated carbocycles. The molecule has 0 radical (unpaired) electrons. The maximum Gasteiger partial charge on any atom is 0.103 e. The molecule has 0 bridgehead atoms. The molecule has 1 aromatic carbocycles. The van der Waals surface area contributed by atoms with Crippen molar-refractivity contribution in [1.82, 2.24) is 9.78 Å². The van der Waals surface area contributed by atoms with Crippen LogP contribution in [0, 0.1) is 32.1 Å². The van der Waals surface area contributed by atoms with E-state index in [4.69, 9.17) is 0 Å². The number of aromatic nitrogens is 2. The van der Waals surface area contributed by atoms with Gasteiger partial charge in [-0.05, 0) is 54.4 Å². The summed E-state index contributed by atoms with van der Waals surface area (Å²) in [5.41, 5.74) is 4.64. The van der Waals surface area contributed by atoms with E-state index in [1.54, 1.807) is 0 Å². The van der Waals surface area contributed by atoms with E-state index in [2.05, 4.69) is 27.1 Å². The minimum absolute atomic E-state index is 0.609. The molecule has 0 saturated heterocycles. The molecule has 0 N–H and O–H groups in total. The summed E-state index contributed by atoms with van der Waals surface area (Å²) in [6.07, 6.45) is 0. The fourth-order valence-electron chi connectivity index (χ4n) is 1.76. The molecule has 0 atom stereocenters. The minimum atomic E-state index is 0.609. The van der Waals surface area contributed by atoms with Gasteiger partial charge in [-0.15, -0.1) is 0 Å². The van der Waals surface area contributed by atoms with E-state index in [0.717, 1.165) is 27.1 Å². The first kappa shape index (κ1) is 11.9. The SMILES string of the molecule is Cc1nn(-c2cccc(Br)c2C#N)c(C)c1C. The number of nitriles is 1. The van der Waals surface area contributed by atoms with Crippen molar-refractivity contribution in [2.24, 2.45) is 0 Å². The monoisotopic (exact) mass is 289 g/mol. The van der Waals surface area contributed by atoms with Gasteiger partial charge in [0.1, 0.15) is 6.07 Å². The van der Waals surface area contributed by atoms with Crippen LogP contribution >= 0.6 is 15.9 Å². The molecule has 4 heteroatoms. The summed E-state index contributed by atoms with van der Waals surface area (Å²) in [7, 11) is 0. The second-order valence-electron chi connectivity index (χ2n) is 3.95. The zero-order chi connectivity index (χ0) is 12.6. The van der Waals surface area contributed by atoms with Crippen LogP contribution in [0.15, 0.2) is 22.7 Å². The van der Waals surface area contributed by atoms with Crippen molar-refractivity contribution >= 4 is 15.9 Å². The molecule has 0 unspecified atom stereocenters. The first-order valence-corrected chi connectivity index (χ1v) is 6.07. The zero-order valence-corrected chi connectivity index (χ0v) is 11.5. The molecule has 86 valence electrons. The van der Waals surface area contributed by atoms with Gasteiger partial charge in [0.25, 0.3) is 0 Å². The lowest BCUT2D eigenvalue weighted by atomic mass is 10.2. The molecule has 2 aromatic rings. The largest absolute Gasteiger partial charge is 0.236 e. The third-order valence-corrected chi connectivity index (χ3v) is 3.65. The Bertz CT molecular complexity index is 620. The molecule has 0 spiro atoms. The van der Waals surface area contributed by atoms with Crippen molar-refractivity contribution in [3.8, 4) is 11.8 Å². The zero-order valence-electron chi connectivity index (χ0n) is 9.95. The molecular formula is C13H12BrN3. The minimum Gasteiger partial charge on any atom is -0.236 e. The number of halogens is 1.